The van der Waals surface area contributed by atoms with Crippen molar-refractivity contribution in [3.05, 3.63) is 18.2 Å². The van der Waals surface area contributed by atoms with Crippen LogP contribution in [-0.2, 0) is 4.79 Å². The Labute approximate surface area is 125 Å². The van der Waals surface area contributed by atoms with E-state index in [-0.39, 0.29) is 11.4 Å². The van der Waals surface area contributed by atoms with Gasteiger partial charge in [0.25, 0.3) is 0 Å². The Kier molecular flexibility index (Phi) is 4.01. The average molecular weight is 290 g/mol. The van der Waals surface area contributed by atoms with Gasteiger partial charge < -0.3 is 20.1 Å². The summed E-state index contributed by atoms with van der Waals surface area (Å²) in [6.07, 6.45) is 4.66. The van der Waals surface area contributed by atoms with Crippen LogP contribution in [0.5, 0.6) is 11.5 Å². The average Bonchev–Trinajstić information content (AvgIpc) is 2.46. The summed E-state index contributed by atoms with van der Waals surface area (Å²) in [6, 6.07) is 5.48. The fourth-order valence-corrected chi connectivity index (χ4v) is 2.85. The quantitative estimate of drug-likeness (QED) is 0.873. The molecule has 1 fully saturated rings. The molecular formula is C16H22N2O3. The Morgan fingerprint density at radius 1 is 1.24 bits per heavy atom. The summed E-state index contributed by atoms with van der Waals surface area (Å²) >= 11 is 0. The number of amides is 1. The summed E-state index contributed by atoms with van der Waals surface area (Å²) in [4.78, 5) is 12.0. The summed E-state index contributed by atoms with van der Waals surface area (Å²) in [5.41, 5.74) is 0.926. The van der Waals surface area contributed by atoms with Crippen LogP contribution in [0.25, 0.3) is 0 Å². The molecule has 1 aliphatic carbocycles. The topological polar surface area (TPSA) is 59.6 Å². The van der Waals surface area contributed by atoms with Crippen molar-refractivity contribution >= 4 is 11.6 Å². The summed E-state index contributed by atoms with van der Waals surface area (Å²) in [5.74, 6) is 1.40. The van der Waals surface area contributed by atoms with Crippen LogP contribution in [0.15, 0.2) is 18.2 Å². The molecule has 1 aromatic carbocycles. The molecule has 114 valence electrons. The Bertz CT molecular complexity index is 521. The molecule has 0 radical (unpaired) electrons. The fraction of sp³-hybridized carbons (Fsp3) is 0.562. The monoisotopic (exact) mass is 290 g/mol. The molecule has 5 nitrogen and oxygen atoms in total. The molecule has 1 aliphatic heterocycles. The van der Waals surface area contributed by atoms with Crippen LogP contribution < -0.4 is 20.1 Å². The molecule has 21 heavy (non-hydrogen) atoms. The molecular weight excluding hydrogens is 268 g/mol. The van der Waals surface area contributed by atoms with Crippen molar-refractivity contribution in [1.82, 2.24) is 5.32 Å². The smallest absolute Gasteiger partial charge is 0.238 e. The summed E-state index contributed by atoms with van der Waals surface area (Å²) < 4.78 is 11.0. The largest absolute Gasteiger partial charge is 0.486 e. The van der Waals surface area contributed by atoms with Gasteiger partial charge in [-0.15, -0.1) is 0 Å². The van der Waals surface area contributed by atoms with E-state index in [1.54, 1.807) is 0 Å². The predicted molar refractivity (Wildman–Crippen MR) is 80.9 cm³/mol. The molecule has 0 saturated heterocycles. The van der Waals surface area contributed by atoms with Crippen LogP contribution in [0, 0.1) is 0 Å². The number of anilines is 1. The number of carbonyl (C=O) groups excluding carboxylic acids is 1. The Morgan fingerprint density at radius 2 is 2.00 bits per heavy atom. The van der Waals surface area contributed by atoms with Gasteiger partial charge in [-0.3, -0.25) is 4.79 Å². The van der Waals surface area contributed by atoms with Crippen molar-refractivity contribution in [2.24, 2.45) is 0 Å². The maximum absolute atomic E-state index is 12.0. The van der Waals surface area contributed by atoms with Crippen LogP contribution in [0.1, 0.15) is 32.6 Å². The first-order valence-electron chi connectivity index (χ1n) is 7.65. The van der Waals surface area contributed by atoms with E-state index in [9.17, 15) is 4.79 Å². The number of hydrogen-bond donors (Lipinski definition) is 2. The summed E-state index contributed by atoms with van der Waals surface area (Å²) in [6.45, 7) is 3.64. The molecule has 0 bridgehead atoms. The number of nitrogens with one attached hydrogen (secondary N) is 2. The van der Waals surface area contributed by atoms with Gasteiger partial charge in [0, 0.05) is 17.3 Å². The minimum Gasteiger partial charge on any atom is -0.486 e. The third kappa shape index (κ3) is 3.13. The molecule has 1 amide bonds. The molecule has 2 N–H and O–H groups in total. The highest BCUT2D eigenvalue weighted by molar-refractivity contribution is 5.92. The van der Waals surface area contributed by atoms with Crippen molar-refractivity contribution in [3.8, 4) is 11.5 Å². The number of carbonyl (C=O) groups is 1. The van der Waals surface area contributed by atoms with E-state index in [4.69, 9.17) is 9.47 Å². The maximum Gasteiger partial charge on any atom is 0.238 e. The molecule has 1 saturated carbocycles. The zero-order valence-electron chi connectivity index (χ0n) is 12.4. The van der Waals surface area contributed by atoms with Crippen molar-refractivity contribution in [2.45, 2.75) is 38.1 Å². The van der Waals surface area contributed by atoms with Crippen molar-refractivity contribution in [1.29, 1.82) is 0 Å². The molecule has 5 heteroatoms. The minimum atomic E-state index is -0.0218. The van der Waals surface area contributed by atoms with Gasteiger partial charge in [-0.1, -0.05) is 6.92 Å². The van der Waals surface area contributed by atoms with Crippen LogP contribution in [0.2, 0.25) is 0 Å². The van der Waals surface area contributed by atoms with Gasteiger partial charge >= 0.3 is 0 Å². The molecule has 1 heterocycles. The van der Waals surface area contributed by atoms with Crippen LogP contribution in [0.4, 0.5) is 5.69 Å². The predicted octanol–water partition coefficient (Wildman–Crippen LogP) is 2.32. The number of benzene rings is 1. The highest BCUT2D eigenvalue weighted by Gasteiger charge is 2.34. The number of hydrogen-bond acceptors (Lipinski definition) is 4. The third-order valence-corrected chi connectivity index (χ3v) is 4.44. The van der Waals surface area contributed by atoms with Crippen molar-refractivity contribution in [2.75, 3.05) is 25.1 Å². The van der Waals surface area contributed by atoms with Crippen molar-refractivity contribution < 1.29 is 14.3 Å². The Morgan fingerprint density at radius 3 is 2.67 bits per heavy atom. The second-order valence-corrected chi connectivity index (χ2v) is 5.75. The highest BCUT2D eigenvalue weighted by atomic mass is 16.6. The zero-order chi connectivity index (χ0) is 14.7. The molecule has 2 aliphatic rings. The molecule has 0 aromatic heterocycles. The lowest BCUT2D eigenvalue weighted by Crippen LogP contribution is -2.52. The Balaban J connectivity index is 1.55. The lowest BCUT2D eigenvalue weighted by Gasteiger charge is -2.42. The lowest BCUT2D eigenvalue weighted by molar-refractivity contribution is -0.116. The normalized spacial score (nSPS) is 18.7. The van der Waals surface area contributed by atoms with Gasteiger partial charge in [-0.25, -0.2) is 0 Å². The second kappa shape index (κ2) is 5.93. The first kappa shape index (κ1) is 14.2. The molecule has 3 rings (SSSR count). The third-order valence-electron chi connectivity index (χ3n) is 4.44. The van der Waals surface area contributed by atoms with Crippen molar-refractivity contribution in [3.63, 3.8) is 0 Å². The first-order chi connectivity index (χ1) is 10.2. The number of ether oxygens (including phenoxy) is 2. The van der Waals surface area contributed by atoms with Gasteiger partial charge in [-0.2, -0.15) is 0 Å². The standard InChI is InChI=1S/C16H22N2O3/c1-2-16(6-3-7-16)17-11-15(19)18-12-4-5-13-14(10-12)21-9-8-20-13/h4-5,10,17H,2-3,6-9,11H2,1H3,(H,18,19). The van der Waals surface area contributed by atoms with E-state index in [0.29, 0.717) is 25.5 Å². The molecule has 1 aromatic rings. The highest BCUT2D eigenvalue weighted by Crippen LogP contribution is 2.34. The maximum atomic E-state index is 12.0. The van der Waals surface area contributed by atoms with Gasteiger partial charge in [0.1, 0.15) is 13.2 Å². The van der Waals surface area contributed by atoms with Crippen LogP contribution in [0.3, 0.4) is 0 Å². The van der Waals surface area contributed by atoms with E-state index in [1.807, 2.05) is 18.2 Å². The molecule has 0 atom stereocenters. The summed E-state index contributed by atoms with van der Waals surface area (Å²) in [5, 5.41) is 6.30. The number of rotatable bonds is 5. The molecule has 0 unspecified atom stereocenters. The van der Waals surface area contributed by atoms with Gasteiger partial charge in [-0.05, 0) is 37.8 Å². The van der Waals surface area contributed by atoms with Gasteiger partial charge in [0.15, 0.2) is 11.5 Å². The van der Waals surface area contributed by atoms with Gasteiger partial charge in [0.05, 0.1) is 6.54 Å². The van der Waals surface area contributed by atoms with Gasteiger partial charge in [0.2, 0.25) is 5.91 Å². The van der Waals surface area contributed by atoms with E-state index < -0.39 is 0 Å². The van der Waals surface area contributed by atoms with E-state index >= 15 is 0 Å². The Hall–Kier alpha value is -1.75. The zero-order valence-corrected chi connectivity index (χ0v) is 12.4. The second-order valence-electron chi connectivity index (χ2n) is 5.75. The first-order valence-corrected chi connectivity index (χ1v) is 7.65. The van der Waals surface area contributed by atoms with Crippen LogP contribution in [-0.4, -0.2) is 31.2 Å². The molecule has 0 spiro atoms. The SMILES string of the molecule is CCC1(NCC(=O)Nc2ccc3c(c2)OCCO3)CCC1. The lowest BCUT2D eigenvalue weighted by atomic mass is 9.75. The summed E-state index contributed by atoms with van der Waals surface area (Å²) in [7, 11) is 0. The minimum absolute atomic E-state index is 0.0218. The van der Waals surface area contributed by atoms with Crippen LogP contribution >= 0.6 is 0 Å². The van der Waals surface area contributed by atoms with E-state index in [2.05, 4.69) is 17.6 Å². The van der Waals surface area contributed by atoms with E-state index in [0.717, 1.165) is 17.9 Å². The number of fused-ring (bicyclic) bond motifs is 1. The van der Waals surface area contributed by atoms with E-state index in [1.165, 1.54) is 19.3 Å². The fourth-order valence-electron chi connectivity index (χ4n) is 2.85.